The molecule has 0 atom stereocenters. The van der Waals surface area contributed by atoms with Crippen molar-refractivity contribution in [3.8, 4) is 11.5 Å². The number of pyridine rings is 1. The van der Waals surface area contributed by atoms with Crippen molar-refractivity contribution in [2.75, 3.05) is 14.2 Å². The third-order valence-electron chi connectivity index (χ3n) is 3.23. The molecule has 3 rings (SSSR count). The maximum Gasteiger partial charge on any atom is 0.164 e. The molecule has 0 aliphatic heterocycles. The van der Waals surface area contributed by atoms with Gasteiger partial charge in [-0.25, -0.2) is 0 Å². The van der Waals surface area contributed by atoms with Crippen LogP contribution < -0.4 is 9.47 Å². The number of hydrogen-bond acceptors (Lipinski definition) is 4. The minimum Gasteiger partial charge on any atom is -0.497 e. The monoisotopic (exact) mass is 269 g/mol. The van der Waals surface area contributed by atoms with Crippen LogP contribution in [0.25, 0.3) is 5.65 Å². The van der Waals surface area contributed by atoms with E-state index in [1.54, 1.807) is 14.2 Å². The highest BCUT2D eigenvalue weighted by atomic mass is 16.5. The highest BCUT2D eigenvalue weighted by Crippen LogP contribution is 2.21. The third kappa shape index (κ3) is 2.18. The molecule has 0 saturated heterocycles. The Morgan fingerprint density at radius 1 is 1.05 bits per heavy atom. The smallest absolute Gasteiger partial charge is 0.164 e. The summed E-state index contributed by atoms with van der Waals surface area (Å²) in [5.74, 6) is 2.50. The molecule has 0 bridgehead atoms. The number of para-hydroxylation sites is 1. The molecule has 5 heteroatoms. The Balaban J connectivity index is 1.99. The standard InChI is InChI=1S/C15H15N3O2/c1-19-12-7-8-18-14(16-17-15(18)10-12)9-11-5-3-4-6-13(11)20-2/h3-8,10H,9H2,1-2H3. The molecule has 3 aromatic rings. The Labute approximate surface area is 116 Å². The van der Waals surface area contributed by atoms with Crippen LogP contribution in [0.5, 0.6) is 11.5 Å². The van der Waals surface area contributed by atoms with E-state index in [0.29, 0.717) is 6.42 Å². The van der Waals surface area contributed by atoms with Gasteiger partial charge in [0.25, 0.3) is 0 Å². The molecule has 0 spiro atoms. The molecule has 1 aromatic carbocycles. The summed E-state index contributed by atoms with van der Waals surface area (Å²) in [5.41, 5.74) is 1.86. The van der Waals surface area contributed by atoms with Gasteiger partial charge in [0.15, 0.2) is 5.65 Å². The second kappa shape index (κ2) is 5.21. The van der Waals surface area contributed by atoms with Crippen molar-refractivity contribution < 1.29 is 9.47 Å². The van der Waals surface area contributed by atoms with Gasteiger partial charge < -0.3 is 9.47 Å². The lowest BCUT2D eigenvalue weighted by molar-refractivity contribution is 0.410. The largest absolute Gasteiger partial charge is 0.497 e. The van der Waals surface area contributed by atoms with Crippen LogP contribution in [0.1, 0.15) is 11.4 Å². The number of methoxy groups -OCH3 is 2. The van der Waals surface area contributed by atoms with Crippen molar-refractivity contribution >= 4 is 5.65 Å². The van der Waals surface area contributed by atoms with E-state index in [2.05, 4.69) is 10.2 Å². The van der Waals surface area contributed by atoms with Crippen LogP contribution in [0.3, 0.4) is 0 Å². The number of hydrogen-bond donors (Lipinski definition) is 0. The van der Waals surface area contributed by atoms with Gasteiger partial charge in [-0.3, -0.25) is 4.40 Å². The molecule has 20 heavy (non-hydrogen) atoms. The molecular weight excluding hydrogens is 254 g/mol. The summed E-state index contributed by atoms with van der Waals surface area (Å²) in [5, 5.41) is 8.41. The Morgan fingerprint density at radius 3 is 2.70 bits per heavy atom. The van der Waals surface area contributed by atoms with E-state index < -0.39 is 0 Å². The Kier molecular flexibility index (Phi) is 3.25. The Hall–Kier alpha value is -2.56. The van der Waals surface area contributed by atoms with E-state index >= 15 is 0 Å². The minimum atomic E-state index is 0.664. The molecule has 0 unspecified atom stereocenters. The van der Waals surface area contributed by atoms with Gasteiger partial charge in [0.2, 0.25) is 0 Å². The van der Waals surface area contributed by atoms with Crippen LogP contribution in [0.2, 0.25) is 0 Å². The van der Waals surface area contributed by atoms with Gasteiger partial charge in [-0.05, 0) is 12.1 Å². The van der Waals surface area contributed by atoms with E-state index in [9.17, 15) is 0 Å². The van der Waals surface area contributed by atoms with Crippen LogP contribution in [0, 0.1) is 0 Å². The van der Waals surface area contributed by atoms with E-state index in [4.69, 9.17) is 9.47 Å². The van der Waals surface area contributed by atoms with Crippen molar-refractivity contribution in [2.24, 2.45) is 0 Å². The fraction of sp³-hybridized carbons (Fsp3) is 0.200. The highest BCUT2D eigenvalue weighted by Gasteiger charge is 2.10. The predicted molar refractivity (Wildman–Crippen MR) is 75.3 cm³/mol. The van der Waals surface area contributed by atoms with Gasteiger partial charge in [0.05, 0.1) is 14.2 Å². The van der Waals surface area contributed by atoms with Gasteiger partial charge in [0.1, 0.15) is 17.3 Å². The van der Waals surface area contributed by atoms with Gasteiger partial charge in [-0.1, -0.05) is 18.2 Å². The zero-order valence-electron chi connectivity index (χ0n) is 11.4. The second-order valence-electron chi connectivity index (χ2n) is 4.40. The zero-order valence-corrected chi connectivity index (χ0v) is 11.4. The maximum atomic E-state index is 5.37. The Bertz CT molecular complexity index is 737. The van der Waals surface area contributed by atoms with E-state index in [-0.39, 0.29) is 0 Å². The first-order valence-corrected chi connectivity index (χ1v) is 6.31. The summed E-state index contributed by atoms with van der Waals surface area (Å²) in [6.45, 7) is 0. The summed E-state index contributed by atoms with van der Waals surface area (Å²) in [7, 11) is 3.31. The van der Waals surface area contributed by atoms with Crippen LogP contribution in [0.15, 0.2) is 42.6 Å². The molecule has 0 radical (unpaired) electrons. The first kappa shape index (κ1) is 12.5. The molecule has 0 saturated carbocycles. The quantitative estimate of drug-likeness (QED) is 0.729. The van der Waals surface area contributed by atoms with Gasteiger partial charge in [-0.15, -0.1) is 10.2 Å². The lowest BCUT2D eigenvalue weighted by Crippen LogP contribution is -1.98. The average Bonchev–Trinajstić information content (AvgIpc) is 2.90. The molecule has 0 aliphatic rings. The minimum absolute atomic E-state index is 0.664. The average molecular weight is 269 g/mol. The molecular formula is C15H15N3O2. The lowest BCUT2D eigenvalue weighted by Gasteiger charge is -2.07. The second-order valence-corrected chi connectivity index (χ2v) is 4.40. The van der Waals surface area contributed by atoms with Crippen molar-refractivity contribution in [3.63, 3.8) is 0 Å². The molecule has 2 aromatic heterocycles. The first-order chi connectivity index (χ1) is 9.81. The van der Waals surface area contributed by atoms with Crippen LogP contribution in [-0.2, 0) is 6.42 Å². The van der Waals surface area contributed by atoms with E-state index in [1.807, 2.05) is 47.0 Å². The van der Waals surface area contributed by atoms with Crippen molar-refractivity contribution in [3.05, 3.63) is 54.0 Å². The summed E-state index contributed by atoms with van der Waals surface area (Å²) in [6, 6.07) is 11.7. The summed E-state index contributed by atoms with van der Waals surface area (Å²) in [6.07, 6.45) is 2.58. The molecule has 5 nitrogen and oxygen atoms in total. The number of benzene rings is 1. The molecule has 0 N–H and O–H groups in total. The topological polar surface area (TPSA) is 48.7 Å². The first-order valence-electron chi connectivity index (χ1n) is 6.31. The third-order valence-corrected chi connectivity index (χ3v) is 3.23. The number of nitrogens with zero attached hydrogens (tertiary/aromatic N) is 3. The Morgan fingerprint density at radius 2 is 1.90 bits per heavy atom. The maximum absolute atomic E-state index is 5.37. The number of rotatable bonds is 4. The van der Waals surface area contributed by atoms with Crippen molar-refractivity contribution in [2.45, 2.75) is 6.42 Å². The number of fused-ring (bicyclic) bond motifs is 1. The van der Waals surface area contributed by atoms with Gasteiger partial charge >= 0.3 is 0 Å². The van der Waals surface area contributed by atoms with Crippen LogP contribution in [-0.4, -0.2) is 28.8 Å². The summed E-state index contributed by atoms with van der Waals surface area (Å²) >= 11 is 0. The zero-order chi connectivity index (χ0) is 13.9. The van der Waals surface area contributed by atoms with Crippen molar-refractivity contribution in [1.29, 1.82) is 0 Å². The molecule has 0 fully saturated rings. The molecule has 0 aliphatic carbocycles. The summed E-state index contributed by atoms with van der Waals surface area (Å²) < 4.78 is 12.5. The normalized spacial score (nSPS) is 10.7. The SMILES string of the molecule is COc1ccn2c(Cc3ccccc3OC)nnc2c1. The predicted octanol–water partition coefficient (Wildman–Crippen LogP) is 2.34. The highest BCUT2D eigenvalue weighted by molar-refractivity contribution is 5.45. The lowest BCUT2D eigenvalue weighted by atomic mass is 10.1. The number of aromatic nitrogens is 3. The fourth-order valence-electron chi connectivity index (χ4n) is 2.19. The molecule has 102 valence electrons. The number of ether oxygens (including phenoxy) is 2. The van der Waals surface area contributed by atoms with Crippen LogP contribution in [0.4, 0.5) is 0 Å². The van der Waals surface area contributed by atoms with Gasteiger partial charge in [-0.2, -0.15) is 0 Å². The van der Waals surface area contributed by atoms with Gasteiger partial charge in [0, 0.05) is 24.2 Å². The van der Waals surface area contributed by atoms with Crippen LogP contribution >= 0.6 is 0 Å². The molecule has 0 amide bonds. The van der Waals surface area contributed by atoms with Crippen molar-refractivity contribution in [1.82, 2.24) is 14.6 Å². The van der Waals surface area contributed by atoms with E-state index in [0.717, 1.165) is 28.5 Å². The fourth-order valence-corrected chi connectivity index (χ4v) is 2.19. The van der Waals surface area contributed by atoms with E-state index in [1.165, 1.54) is 0 Å². The molecule has 2 heterocycles. The summed E-state index contributed by atoms with van der Waals surface area (Å²) in [4.78, 5) is 0.